The van der Waals surface area contributed by atoms with Crippen LogP contribution in [0.3, 0.4) is 0 Å². The van der Waals surface area contributed by atoms with Crippen molar-refractivity contribution in [3.8, 4) is 0 Å². The minimum absolute atomic E-state index is 0.0548. The van der Waals surface area contributed by atoms with Crippen molar-refractivity contribution >= 4 is 51.6 Å². The smallest absolute Gasteiger partial charge is 0.303 e. The van der Waals surface area contributed by atoms with Crippen molar-refractivity contribution in [2.75, 3.05) is 0 Å². The summed E-state index contributed by atoms with van der Waals surface area (Å²) in [4.78, 5) is 58.1. The van der Waals surface area contributed by atoms with Crippen LogP contribution in [0.2, 0.25) is 0 Å². The second-order valence-corrected chi connectivity index (χ2v) is 9.19. The molecule has 2 heterocycles. The molecule has 1 N–H and O–H groups in total. The number of nitrogens with zero attached hydrogens (tertiary/aromatic N) is 2. The molecule has 10 heteroatoms. The van der Waals surface area contributed by atoms with Crippen LogP contribution in [0.25, 0.3) is 0 Å². The number of unbranched alkanes of at least 4 members (excludes halogenated alkanes) is 7. The van der Waals surface area contributed by atoms with Crippen LogP contribution in [0.4, 0.5) is 0 Å². The van der Waals surface area contributed by atoms with Crippen molar-refractivity contribution in [1.29, 1.82) is 0 Å². The summed E-state index contributed by atoms with van der Waals surface area (Å²) < 4.78 is 2.05. The second kappa shape index (κ2) is 12.2. The quantitative estimate of drug-likeness (QED) is 0.188. The summed E-state index contributed by atoms with van der Waals surface area (Å²) in [5, 5.41) is 8.57. The summed E-state index contributed by atoms with van der Waals surface area (Å²) in [7, 11) is 1.67. The Morgan fingerprint density at radius 1 is 0.897 bits per heavy atom. The highest BCUT2D eigenvalue weighted by molar-refractivity contribution is 8.75. The number of imide groups is 2. The molecule has 0 aromatic carbocycles. The molecule has 2 rings (SSSR count). The van der Waals surface area contributed by atoms with Gasteiger partial charge in [-0.25, -0.2) is 8.61 Å². The molecule has 0 bridgehead atoms. The number of amides is 4. The third-order valence-electron chi connectivity index (χ3n) is 4.95. The van der Waals surface area contributed by atoms with Crippen molar-refractivity contribution < 1.29 is 29.1 Å². The fourth-order valence-corrected chi connectivity index (χ4v) is 5.47. The lowest BCUT2D eigenvalue weighted by molar-refractivity contribution is -0.137. The second-order valence-electron chi connectivity index (χ2n) is 7.27. The van der Waals surface area contributed by atoms with Crippen LogP contribution in [-0.4, -0.2) is 43.3 Å². The largest absolute Gasteiger partial charge is 0.481 e. The van der Waals surface area contributed by atoms with Gasteiger partial charge in [0.2, 0.25) is 23.6 Å². The van der Waals surface area contributed by atoms with E-state index in [0.717, 1.165) is 81.9 Å². The number of hydrogen-bond donors (Lipinski definition) is 1. The molecule has 1 unspecified atom stereocenters. The van der Waals surface area contributed by atoms with E-state index in [0.29, 0.717) is 6.42 Å². The molecule has 4 amide bonds. The Kier molecular flexibility index (Phi) is 9.99. The first-order valence-electron chi connectivity index (χ1n) is 10.0. The first-order chi connectivity index (χ1) is 13.9. The Labute approximate surface area is 178 Å². The molecule has 0 spiro atoms. The normalized spacial score (nSPS) is 19.7. The number of carbonyl (C=O) groups excluding carboxylic acids is 4. The van der Waals surface area contributed by atoms with Gasteiger partial charge in [0, 0.05) is 25.2 Å². The van der Waals surface area contributed by atoms with Gasteiger partial charge in [0.05, 0.1) is 28.4 Å². The van der Waals surface area contributed by atoms with Crippen molar-refractivity contribution in [3.63, 3.8) is 0 Å². The highest BCUT2D eigenvalue weighted by Gasteiger charge is 2.40. The monoisotopic (exact) mass is 443 g/mol. The van der Waals surface area contributed by atoms with E-state index in [2.05, 4.69) is 0 Å². The summed E-state index contributed by atoms with van der Waals surface area (Å²) in [6, 6.07) is 0. The average molecular weight is 444 g/mol. The van der Waals surface area contributed by atoms with Gasteiger partial charge in [-0.3, -0.25) is 24.0 Å². The number of carboxylic acids is 1. The summed E-state index contributed by atoms with van der Waals surface area (Å²) >= 11 is 0. The molecule has 161 valence electrons. The zero-order valence-corrected chi connectivity index (χ0v) is 18.0. The van der Waals surface area contributed by atoms with Gasteiger partial charge in [-0.15, -0.1) is 0 Å². The predicted molar refractivity (Wildman–Crippen MR) is 110 cm³/mol. The summed E-state index contributed by atoms with van der Waals surface area (Å²) in [5.41, 5.74) is 0. The van der Waals surface area contributed by atoms with Crippen molar-refractivity contribution in [2.45, 2.75) is 77.0 Å². The van der Waals surface area contributed by atoms with E-state index in [1.54, 1.807) is 0 Å². The maximum atomic E-state index is 12.4. The number of carbonyl (C=O) groups is 5. The molecule has 29 heavy (non-hydrogen) atoms. The lowest BCUT2D eigenvalue weighted by atomic mass is 9.98. The van der Waals surface area contributed by atoms with Gasteiger partial charge >= 0.3 is 5.97 Å². The first-order valence-corrected chi connectivity index (χ1v) is 12.1. The molecule has 0 saturated carbocycles. The SMILES string of the molecule is O=C(O)CCCCCCCCCCC1CC(=O)N(SSN2C(=O)[CH]CC2=O)C1=O. The summed E-state index contributed by atoms with van der Waals surface area (Å²) in [6.45, 7) is 0. The van der Waals surface area contributed by atoms with E-state index in [9.17, 15) is 24.0 Å². The number of hydrogen-bond acceptors (Lipinski definition) is 7. The minimum Gasteiger partial charge on any atom is -0.481 e. The van der Waals surface area contributed by atoms with Gasteiger partial charge in [0.15, 0.2) is 0 Å². The molecule has 1 atom stereocenters. The topological polar surface area (TPSA) is 112 Å². The maximum absolute atomic E-state index is 12.4. The van der Waals surface area contributed by atoms with Crippen LogP contribution < -0.4 is 0 Å². The Bertz CT molecular complexity index is 626. The summed E-state index contributed by atoms with van der Waals surface area (Å²) in [5.74, 6) is -2.33. The van der Waals surface area contributed by atoms with Gasteiger partial charge in [0.25, 0.3) is 0 Å². The van der Waals surface area contributed by atoms with Crippen LogP contribution in [0.5, 0.6) is 0 Å². The van der Waals surface area contributed by atoms with E-state index in [-0.39, 0.29) is 42.9 Å². The van der Waals surface area contributed by atoms with E-state index >= 15 is 0 Å². The van der Waals surface area contributed by atoms with Gasteiger partial charge in [0.1, 0.15) is 0 Å². The van der Waals surface area contributed by atoms with Crippen molar-refractivity contribution in [1.82, 2.24) is 8.61 Å². The zero-order valence-electron chi connectivity index (χ0n) is 16.3. The third-order valence-corrected chi connectivity index (χ3v) is 7.18. The highest BCUT2D eigenvalue weighted by atomic mass is 33.1. The predicted octanol–water partition coefficient (Wildman–Crippen LogP) is 3.52. The van der Waals surface area contributed by atoms with Crippen LogP contribution in [-0.2, 0) is 24.0 Å². The number of carboxylic acid groups (broad SMARTS) is 1. The number of aliphatic carboxylic acids is 1. The van der Waals surface area contributed by atoms with E-state index in [1.807, 2.05) is 0 Å². The van der Waals surface area contributed by atoms with E-state index < -0.39 is 11.9 Å². The average Bonchev–Trinajstić information content (AvgIpc) is 3.13. The molecule has 2 aliphatic rings. The molecule has 0 aromatic heterocycles. The highest BCUT2D eigenvalue weighted by Crippen LogP contribution is 2.39. The molecule has 8 nitrogen and oxygen atoms in total. The van der Waals surface area contributed by atoms with Gasteiger partial charge in [-0.1, -0.05) is 44.9 Å². The van der Waals surface area contributed by atoms with Gasteiger partial charge in [-0.05, 0) is 12.8 Å². The van der Waals surface area contributed by atoms with Crippen LogP contribution in [0.15, 0.2) is 0 Å². The van der Waals surface area contributed by atoms with Crippen molar-refractivity contribution in [2.24, 2.45) is 5.92 Å². The van der Waals surface area contributed by atoms with E-state index in [1.165, 1.54) is 6.42 Å². The molecular formula is C19H27N2O6S2. The third kappa shape index (κ3) is 7.65. The standard InChI is InChI=1S/C19H27N2O6S2/c22-15-11-12-16(23)20(15)28-29-21-17(24)13-14(19(21)27)9-7-5-3-1-2-4-6-8-10-18(25)26/h11,14H,1-10,12-13H2,(H,25,26). The molecule has 2 fully saturated rings. The van der Waals surface area contributed by atoms with Crippen molar-refractivity contribution in [3.05, 3.63) is 6.42 Å². The maximum Gasteiger partial charge on any atom is 0.303 e. The minimum atomic E-state index is -0.739. The van der Waals surface area contributed by atoms with Crippen LogP contribution in [0.1, 0.15) is 77.0 Å². The Morgan fingerprint density at radius 3 is 2.07 bits per heavy atom. The van der Waals surface area contributed by atoms with Crippen LogP contribution in [0, 0.1) is 12.3 Å². The van der Waals surface area contributed by atoms with Gasteiger partial charge in [-0.2, -0.15) is 0 Å². The molecule has 2 aliphatic heterocycles. The first kappa shape index (κ1) is 23.7. The van der Waals surface area contributed by atoms with E-state index in [4.69, 9.17) is 5.11 Å². The zero-order chi connectivity index (χ0) is 21.2. The molecule has 2 saturated heterocycles. The molecule has 1 radical (unpaired) electrons. The Morgan fingerprint density at radius 2 is 1.48 bits per heavy atom. The fourth-order valence-electron chi connectivity index (χ4n) is 3.31. The van der Waals surface area contributed by atoms with Crippen LogP contribution >= 0.6 is 22.0 Å². The molecule has 0 aromatic rings. The lowest BCUT2D eigenvalue weighted by Gasteiger charge is -2.16. The number of rotatable bonds is 14. The lowest BCUT2D eigenvalue weighted by Crippen LogP contribution is -2.26. The summed E-state index contributed by atoms with van der Waals surface area (Å²) in [6.07, 6.45) is 10.3. The van der Waals surface area contributed by atoms with Gasteiger partial charge < -0.3 is 5.11 Å². The Balaban J connectivity index is 1.56. The fraction of sp³-hybridized carbons (Fsp3) is 0.684. The molecular weight excluding hydrogens is 416 g/mol. The Hall–Kier alpha value is -1.55. The molecule has 0 aliphatic carbocycles.